The molecule has 0 bridgehead atoms. The number of hydrogen-bond acceptors (Lipinski definition) is 3. The molecule has 7 nitrogen and oxygen atoms in total. The van der Waals surface area contributed by atoms with Crippen molar-refractivity contribution in [1.82, 2.24) is 14.7 Å². The van der Waals surface area contributed by atoms with Crippen LogP contribution in [0.15, 0.2) is 24.3 Å². The van der Waals surface area contributed by atoms with Crippen molar-refractivity contribution in [1.29, 1.82) is 0 Å². The third-order valence-corrected chi connectivity index (χ3v) is 8.24. The quantitative estimate of drug-likeness (QED) is 0.651. The molecule has 3 amide bonds. The van der Waals surface area contributed by atoms with Gasteiger partial charge in [-0.3, -0.25) is 9.59 Å². The number of likely N-dealkylation sites (N-methyl/N-ethyl adjacent to an activating group) is 1. The van der Waals surface area contributed by atoms with E-state index in [1.807, 2.05) is 12.1 Å². The van der Waals surface area contributed by atoms with Crippen molar-refractivity contribution in [3.8, 4) is 0 Å². The van der Waals surface area contributed by atoms with E-state index in [9.17, 15) is 32.7 Å². The number of hydrogen-bond donors (Lipinski definition) is 1. The molecule has 3 aliphatic rings. The van der Waals surface area contributed by atoms with Gasteiger partial charge in [0.25, 0.3) is 0 Å². The molecule has 2 saturated heterocycles. The first kappa shape index (κ1) is 25.6. The molecule has 35 heavy (non-hydrogen) atoms. The zero-order valence-electron chi connectivity index (χ0n) is 19.4. The standard InChI is InChI=1S/C24H29ClF3N3O4/c1-29(22(34)35)19-14-31(13-18(19)15-3-5-17(25)6-4-15)20(32)16-7-11-30(12-8-16)21(33)23(9-2-10-23)24(26,27)28/h3-6,16,18-19H,2,7-14H2,1H3,(H,34,35)/t18-,19+/m0/s1. The fraction of sp³-hybridized carbons (Fsp3) is 0.625. The number of carboxylic acid groups (broad SMARTS) is 1. The molecular formula is C24H29ClF3N3O4. The molecule has 0 unspecified atom stereocenters. The number of amides is 3. The van der Waals surface area contributed by atoms with Crippen LogP contribution in [0.3, 0.4) is 0 Å². The lowest BCUT2D eigenvalue weighted by atomic mass is 9.67. The van der Waals surface area contributed by atoms with Crippen LogP contribution in [-0.2, 0) is 9.59 Å². The van der Waals surface area contributed by atoms with Crippen LogP contribution in [0, 0.1) is 11.3 Å². The van der Waals surface area contributed by atoms with Crippen molar-refractivity contribution in [3.63, 3.8) is 0 Å². The van der Waals surface area contributed by atoms with Crippen LogP contribution in [0.25, 0.3) is 0 Å². The highest BCUT2D eigenvalue weighted by molar-refractivity contribution is 6.30. The summed E-state index contributed by atoms with van der Waals surface area (Å²) in [6, 6.07) is 6.66. The van der Waals surface area contributed by atoms with Gasteiger partial charge in [0, 0.05) is 50.1 Å². The maximum absolute atomic E-state index is 13.6. The highest BCUT2D eigenvalue weighted by atomic mass is 35.5. The van der Waals surface area contributed by atoms with Crippen molar-refractivity contribution < 1.29 is 32.7 Å². The number of nitrogens with zero attached hydrogens (tertiary/aromatic N) is 3. The highest BCUT2D eigenvalue weighted by Gasteiger charge is 2.64. The van der Waals surface area contributed by atoms with Crippen molar-refractivity contribution in [2.75, 3.05) is 33.2 Å². The Morgan fingerprint density at radius 3 is 2.14 bits per heavy atom. The lowest BCUT2D eigenvalue weighted by Crippen LogP contribution is -2.57. The third-order valence-electron chi connectivity index (χ3n) is 7.99. The summed E-state index contributed by atoms with van der Waals surface area (Å²) in [4.78, 5) is 41.8. The maximum Gasteiger partial charge on any atom is 0.407 e. The van der Waals surface area contributed by atoms with Crippen LogP contribution in [-0.4, -0.2) is 83.2 Å². The van der Waals surface area contributed by atoms with Gasteiger partial charge in [-0.15, -0.1) is 0 Å². The van der Waals surface area contributed by atoms with Gasteiger partial charge < -0.3 is 19.8 Å². The van der Waals surface area contributed by atoms with Crippen LogP contribution in [0.5, 0.6) is 0 Å². The average Bonchev–Trinajstić information content (AvgIpc) is 3.22. The van der Waals surface area contributed by atoms with E-state index in [-0.39, 0.29) is 44.3 Å². The summed E-state index contributed by atoms with van der Waals surface area (Å²) in [6.07, 6.45) is -5.04. The third kappa shape index (κ3) is 4.69. The molecule has 2 aliphatic heterocycles. The Morgan fingerprint density at radius 2 is 1.66 bits per heavy atom. The normalized spacial score (nSPS) is 24.7. The zero-order valence-corrected chi connectivity index (χ0v) is 20.2. The minimum absolute atomic E-state index is 0.111. The number of carbonyl (C=O) groups is 3. The van der Waals surface area contributed by atoms with Crippen LogP contribution in [0.2, 0.25) is 5.02 Å². The van der Waals surface area contributed by atoms with Gasteiger partial charge in [0.2, 0.25) is 11.8 Å². The van der Waals surface area contributed by atoms with Crippen LogP contribution in [0.4, 0.5) is 18.0 Å². The number of rotatable bonds is 4. The molecule has 4 rings (SSSR count). The van der Waals surface area contributed by atoms with Gasteiger partial charge in [0.05, 0.1) is 6.04 Å². The fourth-order valence-electron chi connectivity index (χ4n) is 5.58. The molecule has 2 atom stereocenters. The number of halogens is 4. The van der Waals surface area contributed by atoms with E-state index < -0.39 is 35.6 Å². The lowest BCUT2D eigenvalue weighted by molar-refractivity contribution is -0.249. The first-order valence-electron chi connectivity index (χ1n) is 11.8. The number of piperidine rings is 1. The molecule has 1 aliphatic carbocycles. The number of likely N-dealkylation sites (tertiary alicyclic amines) is 2. The van der Waals surface area contributed by atoms with Crippen LogP contribution in [0.1, 0.15) is 43.6 Å². The van der Waals surface area contributed by atoms with Gasteiger partial charge in [-0.05, 0) is 43.4 Å². The molecule has 192 valence electrons. The van der Waals surface area contributed by atoms with E-state index in [0.717, 1.165) is 5.56 Å². The molecular weight excluding hydrogens is 487 g/mol. The Kier molecular flexibility index (Phi) is 6.96. The van der Waals surface area contributed by atoms with E-state index in [1.165, 1.54) is 16.8 Å². The summed E-state index contributed by atoms with van der Waals surface area (Å²) < 4.78 is 40.7. The summed E-state index contributed by atoms with van der Waals surface area (Å²) in [5.41, 5.74) is -1.39. The Balaban J connectivity index is 1.42. The second-order valence-electron chi connectivity index (χ2n) is 9.86. The van der Waals surface area contributed by atoms with Gasteiger partial charge in [-0.1, -0.05) is 30.2 Å². The predicted molar refractivity (Wildman–Crippen MR) is 122 cm³/mol. The largest absolute Gasteiger partial charge is 0.465 e. The minimum Gasteiger partial charge on any atom is -0.465 e. The van der Waals surface area contributed by atoms with E-state index in [2.05, 4.69) is 0 Å². The Labute approximate surface area is 206 Å². The molecule has 0 spiro atoms. The summed E-state index contributed by atoms with van der Waals surface area (Å²) >= 11 is 5.99. The summed E-state index contributed by atoms with van der Waals surface area (Å²) in [6.45, 7) is 0.782. The average molecular weight is 516 g/mol. The monoisotopic (exact) mass is 515 g/mol. The molecule has 1 saturated carbocycles. The van der Waals surface area contributed by atoms with Gasteiger partial charge in [-0.2, -0.15) is 13.2 Å². The fourth-order valence-corrected chi connectivity index (χ4v) is 5.70. The minimum atomic E-state index is -4.56. The molecule has 1 aromatic carbocycles. The van der Waals surface area contributed by atoms with Crippen LogP contribution < -0.4 is 0 Å². The molecule has 2 heterocycles. The van der Waals surface area contributed by atoms with E-state index in [4.69, 9.17) is 11.6 Å². The number of alkyl halides is 3. The Bertz CT molecular complexity index is 975. The molecule has 1 aromatic rings. The lowest BCUT2D eigenvalue weighted by Gasteiger charge is -2.45. The van der Waals surface area contributed by atoms with Gasteiger partial charge in [0.1, 0.15) is 5.41 Å². The Morgan fingerprint density at radius 1 is 1.06 bits per heavy atom. The molecule has 11 heteroatoms. The van der Waals surface area contributed by atoms with E-state index in [1.54, 1.807) is 17.0 Å². The van der Waals surface area contributed by atoms with Crippen molar-refractivity contribution in [2.24, 2.45) is 11.3 Å². The predicted octanol–water partition coefficient (Wildman–Crippen LogP) is 4.22. The summed E-state index contributed by atoms with van der Waals surface area (Å²) in [7, 11) is 1.48. The molecule has 3 fully saturated rings. The Hall–Kier alpha value is -2.49. The van der Waals surface area contributed by atoms with E-state index in [0.29, 0.717) is 30.8 Å². The van der Waals surface area contributed by atoms with Crippen molar-refractivity contribution in [2.45, 2.75) is 50.2 Å². The highest BCUT2D eigenvalue weighted by Crippen LogP contribution is 2.54. The second-order valence-corrected chi connectivity index (χ2v) is 10.3. The van der Waals surface area contributed by atoms with Crippen molar-refractivity contribution >= 4 is 29.5 Å². The van der Waals surface area contributed by atoms with Gasteiger partial charge in [-0.25, -0.2) is 4.79 Å². The SMILES string of the molecule is CN(C(=O)O)[C@@H]1CN(C(=O)C2CCN(C(=O)C3(C(F)(F)F)CCC3)CC2)C[C@H]1c1ccc(Cl)cc1. The second kappa shape index (κ2) is 9.52. The molecule has 1 N–H and O–H groups in total. The van der Waals surface area contributed by atoms with Crippen LogP contribution >= 0.6 is 11.6 Å². The molecule has 0 aromatic heterocycles. The topological polar surface area (TPSA) is 81.2 Å². The first-order valence-corrected chi connectivity index (χ1v) is 12.2. The van der Waals surface area contributed by atoms with Gasteiger partial charge in [0.15, 0.2) is 0 Å². The van der Waals surface area contributed by atoms with Gasteiger partial charge >= 0.3 is 12.3 Å². The van der Waals surface area contributed by atoms with E-state index >= 15 is 0 Å². The maximum atomic E-state index is 13.6. The van der Waals surface area contributed by atoms with Crippen molar-refractivity contribution in [3.05, 3.63) is 34.9 Å². The number of benzene rings is 1. The number of carbonyl (C=O) groups excluding carboxylic acids is 2. The summed E-state index contributed by atoms with van der Waals surface area (Å²) in [5, 5.41) is 10.1. The zero-order chi connectivity index (χ0) is 25.5. The first-order chi connectivity index (χ1) is 16.4. The molecule has 0 radical (unpaired) electrons. The summed E-state index contributed by atoms with van der Waals surface area (Å²) in [5.74, 6) is -1.66. The smallest absolute Gasteiger partial charge is 0.407 e.